The van der Waals surface area contributed by atoms with Crippen molar-refractivity contribution in [1.82, 2.24) is 14.8 Å². The Hall–Kier alpha value is -0.170. The largest absolute Gasteiger partial charge is 0.317 e. The maximum Gasteiger partial charge on any atom is 0.277 e. The summed E-state index contributed by atoms with van der Waals surface area (Å²) in [5.74, 6) is 0. The van der Waals surface area contributed by atoms with Crippen molar-refractivity contribution in [2.24, 2.45) is 0 Å². The van der Waals surface area contributed by atoms with E-state index in [2.05, 4.69) is 14.8 Å². The van der Waals surface area contributed by atoms with E-state index < -0.39 is 10.2 Å². The van der Waals surface area contributed by atoms with Gasteiger partial charge in [0.15, 0.2) is 0 Å². The lowest BCUT2D eigenvalue weighted by Crippen LogP contribution is -2.47. The van der Waals surface area contributed by atoms with Crippen LogP contribution in [0.15, 0.2) is 0 Å². The molecule has 1 aliphatic carbocycles. The van der Waals surface area contributed by atoms with Gasteiger partial charge < -0.3 is 5.32 Å². The van der Waals surface area contributed by atoms with E-state index >= 15 is 0 Å². The molecule has 0 unspecified atom stereocenters. The molecular weight excluding hydrogens is 226 g/mol. The molecule has 0 spiro atoms. The molecule has 0 atom stereocenters. The summed E-state index contributed by atoms with van der Waals surface area (Å²) in [6, 6.07) is 0.561. The first-order valence-electron chi connectivity index (χ1n) is 5.90. The Bertz CT molecular complexity index is 295. The fraction of sp³-hybridized carbons (Fsp3) is 1.00. The third-order valence-corrected chi connectivity index (χ3v) is 4.27. The molecule has 0 aromatic carbocycles. The summed E-state index contributed by atoms with van der Waals surface area (Å²) in [6.07, 6.45) is 3.88. The first kappa shape index (κ1) is 13.9. The highest BCUT2D eigenvalue weighted by Crippen LogP contribution is 2.18. The Morgan fingerprint density at radius 2 is 1.56 bits per heavy atom. The van der Waals surface area contributed by atoms with Gasteiger partial charge in [-0.05, 0) is 46.6 Å². The lowest BCUT2D eigenvalue weighted by atomic mass is 9.92. The summed E-state index contributed by atoms with van der Waals surface area (Å²) < 4.78 is 28.5. The Labute approximate surface area is 98.6 Å². The molecule has 1 aliphatic rings. The highest BCUT2D eigenvalue weighted by atomic mass is 32.2. The fourth-order valence-corrected chi connectivity index (χ4v) is 3.43. The predicted molar refractivity (Wildman–Crippen MR) is 65.4 cm³/mol. The molecule has 0 aromatic heterocycles. The minimum Gasteiger partial charge on any atom is -0.317 e. The number of hydrogen-bond acceptors (Lipinski definition) is 3. The lowest BCUT2D eigenvalue weighted by molar-refractivity contribution is 0.341. The van der Waals surface area contributed by atoms with Crippen LogP contribution in [0.25, 0.3) is 0 Å². The van der Waals surface area contributed by atoms with Crippen LogP contribution in [-0.2, 0) is 10.2 Å². The van der Waals surface area contributed by atoms with Crippen molar-refractivity contribution in [2.75, 3.05) is 7.05 Å². The van der Waals surface area contributed by atoms with Gasteiger partial charge in [-0.15, -0.1) is 0 Å². The lowest BCUT2D eigenvalue weighted by Gasteiger charge is -2.28. The number of rotatable bonds is 5. The normalized spacial score (nSPS) is 27.2. The summed E-state index contributed by atoms with van der Waals surface area (Å²) in [5.41, 5.74) is 0. The van der Waals surface area contributed by atoms with Gasteiger partial charge in [0.1, 0.15) is 0 Å². The Balaban J connectivity index is 2.38. The van der Waals surface area contributed by atoms with E-state index in [4.69, 9.17) is 0 Å². The molecule has 96 valence electrons. The van der Waals surface area contributed by atoms with Crippen molar-refractivity contribution < 1.29 is 8.42 Å². The van der Waals surface area contributed by atoms with E-state index in [1.54, 1.807) is 0 Å². The van der Waals surface area contributed by atoms with Crippen LogP contribution in [0.1, 0.15) is 39.5 Å². The van der Waals surface area contributed by atoms with Crippen LogP contribution < -0.4 is 14.8 Å². The molecule has 0 heterocycles. The summed E-state index contributed by atoms with van der Waals surface area (Å²) in [5, 5.41) is 3.23. The van der Waals surface area contributed by atoms with Gasteiger partial charge in [-0.1, -0.05) is 0 Å². The van der Waals surface area contributed by atoms with Gasteiger partial charge in [-0.25, -0.2) is 0 Å². The van der Waals surface area contributed by atoms with Gasteiger partial charge in [-0.3, -0.25) is 0 Å². The first-order valence-corrected chi connectivity index (χ1v) is 7.38. The highest BCUT2D eigenvalue weighted by Gasteiger charge is 2.24. The monoisotopic (exact) mass is 249 g/mol. The van der Waals surface area contributed by atoms with Crippen molar-refractivity contribution in [1.29, 1.82) is 0 Å². The van der Waals surface area contributed by atoms with E-state index in [9.17, 15) is 8.42 Å². The van der Waals surface area contributed by atoms with Gasteiger partial charge in [0.25, 0.3) is 10.2 Å². The van der Waals surface area contributed by atoms with Crippen molar-refractivity contribution in [3.63, 3.8) is 0 Å². The fourth-order valence-electron chi connectivity index (χ4n) is 2.06. The van der Waals surface area contributed by atoms with Gasteiger partial charge in [-0.2, -0.15) is 17.9 Å². The van der Waals surface area contributed by atoms with E-state index in [-0.39, 0.29) is 12.1 Å². The molecule has 3 N–H and O–H groups in total. The van der Waals surface area contributed by atoms with Gasteiger partial charge in [0.05, 0.1) is 0 Å². The average molecular weight is 249 g/mol. The zero-order valence-electron chi connectivity index (χ0n) is 10.3. The summed E-state index contributed by atoms with van der Waals surface area (Å²) in [4.78, 5) is 0. The zero-order chi connectivity index (χ0) is 12.2. The quantitative estimate of drug-likeness (QED) is 0.658. The Morgan fingerprint density at radius 3 is 2.00 bits per heavy atom. The van der Waals surface area contributed by atoms with Crippen LogP contribution in [0.3, 0.4) is 0 Å². The van der Waals surface area contributed by atoms with Crippen molar-refractivity contribution in [2.45, 2.75) is 57.7 Å². The topological polar surface area (TPSA) is 70.2 Å². The molecule has 0 radical (unpaired) electrons. The zero-order valence-corrected chi connectivity index (χ0v) is 11.1. The van der Waals surface area contributed by atoms with Crippen LogP contribution in [0.4, 0.5) is 0 Å². The maximum atomic E-state index is 11.6. The molecule has 0 amide bonds. The van der Waals surface area contributed by atoms with Crippen LogP contribution >= 0.6 is 0 Å². The molecular formula is C10H23N3O2S. The molecule has 1 rings (SSSR count). The number of hydrogen-bond donors (Lipinski definition) is 3. The second kappa shape index (κ2) is 5.95. The molecule has 0 saturated heterocycles. The van der Waals surface area contributed by atoms with E-state index in [1.807, 2.05) is 20.9 Å². The minimum absolute atomic E-state index is 0.0638. The van der Waals surface area contributed by atoms with E-state index in [0.29, 0.717) is 6.04 Å². The Kier molecular flexibility index (Phi) is 5.17. The summed E-state index contributed by atoms with van der Waals surface area (Å²) >= 11 is 0. The second-order valence-electron chi connectivity index (χ2n) is 4.73. The van der Waals surface area contributed by atoms with E-state index in [0.717, 1.165) is 25.7 Å². The third kappa shape index (κ3) is 4.78. The number of nitrogens with one attached hydrogen (secondary N) is 3. The van der Waals surface area contributed by atoms with Crippen LogP contribution in [-0.4, -0.2) is 33.6 Å². The molecule has 1 fully saturated rings. The van der Waals surface area contributed by atoms with Crippen molar-refractivity contribution in [3.05, 3.63) is 0 Å². The van der Waals surface area contributed by atoms with Crippen LogP contribution in [0.5, 0.6) is 0 Å². The van der Waals surface area contributed by atoms with Crippen LogP contribution in [0, 0.1) is 0 Å². The summed E-state index contributed by atoms with van der Waals surface area (Å²) in [6.45, 7) is 3.63. The SMILES string of the molecule is CNC1CCC(NS(=O)(=O)NC(C)C)CC1. The van der Waals surface area contributed by atoms with Crippen molar-refractivity contribution in [3.8, 4) is 0 Å². The van der Waals surface area contributed by atoms with Crippen LogP contribution in [0.2, 0.25) is 0 Å². The highest BCUT2D eigenvalue weighted by molar-refractivity contribution is 7.87. The minimum atomic E-state index is -3.33. The average Bonchev–Trinajstić information content (AvgIpc) is 2.16. The van der Waals surface area contributed by atoms with Gasteiger partial charge in [0.2, 0.25) is 0 Å². The second-order valence-corrected chi connectivity index (χ2v) is 6.21. The predicted octanol–water partition coefficient (Wildman–Crippen LogP) is 0.349. The molecule has 5 nitrogen and oxygen atoms in total. The molecule has 0 aliphatic heterocycles. The first-order chi connectivity index (χ1) is 7.43. The van der Waals surface area contributed by atoms with Crippen molar-refractivity contribution >= 4 is 10.2 Å². The standard InChI is InChI=1S/C10H23N3O2S/c1-8(2)12-16(14,15)13-10-6-4-9(11-3)5-7-10/h8-13H,4-7H2,1-3H3. The molecule has 0 aromatic rings. The van der Waals surface area contributed by atoms with E-state index in [1.165, 1.54) is 0 Å². The molecule has 6 heteroatoms. The smallest absolute Gasteiger partial charge is 0.277 e. The maximum absolute atomic E-state index is 11.6. The summed E-state index contributed by atoms with van der Waals surface area (Å²) in [7, 11) is -1.37. The van der Waals surface area contributed by atoms with Gasteiger partial charge in [0, 0.05) is 18.1 Å². The molecule has 16 heavy (non-hydrogen) atoms. The molecule has 1 saturated carbocycles. The third-order valence-electron chi connectivity index (χ3n) is 2.85. The Morgan fingerprint density at radius 1 is 1.06 bits per heavy atom. The molecule has 0 bridgehead atoms. The van der Waals surface area contributed by atoms with Gasteiger partial charge >= 0.3 is 0 Å².